The maximum Gasteiger partial charge on any atom is 0.305 e. The van der Waals surface area contributed by atoms with Gasteiger partial charge in [-0.15, -0.1) is 0 Å². The Balaban J connectivity index is 2.02. The molecule has 1 saturated carbocycles. The molecule has 33 heavy (non-hydrogen) atoms. The van der Waals surface area contributed by atoms with Gasteiger partial charge in [-0.05, 0) is 57.7 Å². The molecule has 1 aromatic rings. The van der Waals surface area contributed by atoms with Crippen LogP contribution in [0.4, 0.5) is 4.39 Å². The number of oxime groups is 1. The smallest absolute Gasteiger partial charge is 0.305 e. The number of hydrogen-bond donors (Lipinski definition) is 3. The fourth-order valence-corrected chi connectivity index (χ4v) is 4.19. The molecule has 0 heterocycles. The van der Waals surface area contributed by atoms with Gasteiger partial charge in [-0.2, -0.15) is 0 Å². The summed E-state index contributed by atoms with van der Waals surface area (Å²) in [5.74, 6) is -0.708. The lowest BCUT2D eigenvalue weighted by atomic mass is 9.86. The van der Waals surface area contributed by atoms with Crippen LogP contribution in [0.2, 0.25) is 0 Å². The average Bonchev–Trinajstić information content (AvgIpc) is 3.13. The van der Waals surface area contributed by atoms with Gasteiger partial charge in [0.05, 0.1) is 18.9 Å². The molecule has 0 bridgehead atoms. The summed E-state index contributed by atoms with van der Waals surface area (Å²) >= 11 is 0. The summed E-state index contributed by atoms with van der Waals surface area (Å²) in [4.78, 5) is 11.2. The second-order valence-electron chi connectivity index (χ2n) is 8.85. The lowest BCUT2D eigenvalue weighted by molar-refractivity contribution is -0.140. The molecular weight excluding hydrogens is 423 g/mol. The fraction of sp³-hybridized carbons (Fsp3) is 0.538. The third-order valence-electron chi connectivity index (χ3n) is 6.56. The molecule has 1 aromatic carbocycles. The highest BCUT2D eigenvalue weighted by molar-refractivity contribution is 5.90. The molecule has 1 aliphatic carbocycles. The van der Waals surface area contributed by atoms with E-state index in [-0.39, 0.29) is 29.2 Å². The van der Waals surface area contributed by atoms with Crippen LogP contribution in [0.15, 0.2) is 53.7 Å². The van der Waals surface area contributed by atoms with E-state index in [4.69, 9.17) is 0 Å². The Hall–Kier alpha value is -2.51. The minimum Gasteiger partial charge on any atom is -0.469 e. The number of carbonyl (C=O) groups is 1. The third-order valence-corrected chi connectivity index (χ3v) is 6.56. The Morgan fingerprint density at radius 1 is 1.36 bits per heavy atom. The molecule has 0 aromatic heterocycles. The maximum atomic E-state index is 14.0. The highest BCUT2D eigenvalue weighted by Gasteiger charge is 2.38. The molecule has 1 aliphatic rings. The van der Waals surface area contributed by atoms with Gasteiger partial charge < -0.3 is 20.4 Å². The average molecular weight is 461 g/mol. The van der Waals surface area contributed by atoms with Gasteiger partial charge in [0.1, 0.15) is 5.82 Å². The summed E-state index contributed by atoms with van der Waals surface area (Å²) in [7, 11) is 3.25. The third kappa shape index (κ3) is 8.09. The highest BCUT2D eigenvalue weighted by Crippen LogP contribution is 2.35. The van der Waals surface area contributed by atoms with Crippen LogP contribution in [0.3, 0.4) is 0 Å². The van der Waals surface area contributed by atoms with E-state index in [9.17, 15) is 19.5 Å². The zero-order chi connectivity index (χ0) is 24.3. The SMILES string of the molecule is CNC(C)(/C=C/C1/C(=N\O)CC(O)C1C/C=C\CCCC(=O)OC)CCc1ccccc1F. The van der Waals surface area contributed by atoms with Gasteiger partial charge >= 0.3 is 5.97 Å². The molecule has 0 saturated heterocycles. The number of esters is 1. The van der Waals surface area contributed by atoms with Crippen molar-refractivity contribution in [2.24, 2.45) is 17.0 Å². The molecule has 0 aliphatic heterocycles. The molecule has 6 nitrogen and oxygen atoms in total. The number of carbonyl (C=O) groups excluding carboxylic acids is 1. The molecule has 4 unspecified atom stereocenters. The number of hydrogen-bond acceptors (Lipinski definition) is 6. The van der Waals surface area contributed by atoms with Gasteiger partial charge in [0.25, 0.3) is 0 Å². The summed E-state index contributed by atoms with van der Waals surface area (Å²) < 4.78 is 18.6. The highest BCUT2D eigenvalue weighted by atomic mass is 19.1. The molecule has 7 heteroatoms. The molecule has 1 fully saturated rings. The summed E-state index contributed by atoms with van der Waals surface area (Å²) in [6.07, 6.45) is 11.6. The molecule has 0 radical (unpaired) electrons. The Kier molecular flexibility index (Phi) is 10.7. The molecule has 0 amide bonds. The normalized spacial score (nSPS) is 24.0. The number of aliphatic hydroxyl groups excluding tert-OH is 1. The van der Waals surface area contributed by atoms with Gasteiger partial charge in [-0.3, -0.25) is 4.79 Å². The van der Waals surface area contributed by atoms with E-state index in [1.807, 2.05) is 44.3 Å². The van der Waals surface area contributed by atoms with Crippen molar-refractivity contribution in [3.63, 3.8) is 0 Å². The maximum absolute atomic E-state index is 14.0. The van der Waals surface area contributed by atoms with E-state index >= 15 is 0 Å². The van der Waals surface area contributed by atoms with Gasteiger partial charge in [0.15, 0.2) is 0 Å². The Morgan fingerprint density at radius 3 is 2.79 bits per heavy atom. The van der Waals surface area contributed by atoms with Crippen LogP contribution in [0.5, 0.6) is 0 Å². The minimum atomic E-state index is -0.593. The number of unbranched alkanes of at least 4 members (excludes halogenated alkanes) is 1. The number of ether oxygens (including phenoxy) is 1. The van der Waals surface area contributed by atoms with E-state index in [0.29, 0.717) is 49.8 Å². The number of nitrogens with one attached hydrogen (secondary N) is 1. The van der Waals surface area contributed by atoms with Crippen molar-refractivity contribution in [2.45, 2.75) is 63.5 Å². The van der Waals surface area contributed by atoms with Crippen molar-refractivity contribution in [3.8, 4) is 0 Å². The van der Waals surface area contributed by atoms with Crippen molar-refractivity contribution in [1.29, 1.82) is 0 Å². The summed E-state index contributed by atoms with van der Waals surface area (Å²) in [5, 5.41) is 26.8. The first-order chi connectivity index (χ1) is 15.8. The first kappa shape index (κ1) is 26.7. The van der Waals surface area contributed by atoms with Crippen LogP contribution in [0.25, 0.3) is 0 Å². The Morgan fingerprint density at radius 2 is 2.12 bits per heavy atom. The van der Waals surface area contributed by atoms with Gasteiger partial charge in [-0.25, -0.2) is 4.39 Å². The van der Waals surface area contributed by atoms with Crippen molar-refractivity contribution < 1.29 is 24.2 Å². The van der Waals surface area contributed by atoms with Crippen LogP contribution < -0.4 is 5.32 Å². The van der Waals surface area contributed by atoms with Crippen molar-refractivity contribution in [2.75, 3.05) is 14.2 Å². The molecule has 3 N–H and O–H groups in total. The van der Waals surface area contributed by atoms with Crippen molar-refractivity contribution in [1.82, 2.24) is 5.32 Å². The van der Waals surface area contributed by atoms with E-state index < -0.39 is 6.10 Å². The van der Waals surface area contributed by atoms with Gasteiger partial charge in [0.2, 0.25) is 0 Å². The summed E-state index contributed by atoms with van der Waals surface area (Å²) in [5.41, 5.74) is 0.858. The van der Waals surface area contributed by atoms with Gasteiger partial charge in [0, 0.05) is 30.2 Å². The molecular formula is C26H37FN2O4. The topological polar surface area (TPSA) is 91.2 Å². The molecule has 0 spiro atoms. The zero-order valence-corrected chi connectivity index (χ0v) is 19.8. The van der Waals surface area contributed by atoms with E-state index in [0.717, 1.165) is 6.42 Å². The standard InChI is InChI=1S/C26H37FN2O4/c1-26(28-2,16-14-19-10-8-9-12-22(19)27)17-15-20-21(24(30)18-23(20)29-32)11-6-4-5-7-13-25(31)33-3/h4,6,8-10,12,15,17,20-21,24,28,30,32H,5,7,11,13-14,16,18H2,1-3H3/b6-4-,17-15+,29-23-. The van der Waals surface area contributed by atoms with E-state index in [1.54, 1.807) is 12.1 Å². The number of methoxy groups -OCH3 is 1. The number of halogens is 1. The predicted octanol–water partition coefficient (Wildman–Crippen LogP) is 4.41. The number of allylic oxidation sites excluding steroid dienone is 3. The zero-order valence-electron chi connectivity index (χ0n) is 19.8. The Bertz CT molecular complexity index is 854. The van der Waals surface area contributed by atoms with Crippen molar-refractivity contribution >= 4 is 11.7 Å². The van der Waals surface area contributed by atoms with Crippen molar-refractivity contribution in [3.05, 3.63) is 60.0 Å². The minimum absolute atomic E-state index is 0.100. The lowest BCUT2D eigenvalue weighted by Crippen LogP contribution is -2.38. The van der Waals surface area contributed by atoms with Gasteiger partial charge in [-0.1, -0.05) is 47.7 Å². The monoisotopic (exact) mass is 460 g/mol. The number of benzene rings is 1. The number of aryl methyl sites for hydroxylation is 1. The second kappa shape index (κ2) is 13.3. The molecule has 4 atom stereocenters. The van der Waals surface area contributed by atoms with Crippen LogP contribution in [-0.2, 0) is 16.0 Å². The van der Waals surface area contributed by atoms with Crippen LogP contribution in [-0.4, -0.2) is 47.8 Å². The van der Waals surface area contributed by atoms with Crippen LogP contribution in [0.1, 0.15) is 51.0 Å². The van der Waals surface area contributed by atoms with E-state index in [2.05, 4.69) is 15.2 Å². The van der Waals surface area contributed by atoms with Crippen LogP contribution >= 0.6 is 0 Å². The summed E-state index contributed by atoms with van der Waals surface area (Å²) in [6, 6.07) is 6.79. The lowest BCUT2D eigenvalue weighted by Gasteiger charge is -2.27. The van der Waals surface area contributed by atoms with E-state index in [1.165, 1.54) is 13.2 Å². The molecule has 2 rings (SSSR count). The number of likely N-dealkylation sites (N-methyl/N-ethyl adjacent to an activating group) is 1. The second-order valence-corrected chi connectivity index (χ2v) is 8.85. The quantitative estimate of drug-likeness (QED) is 0.141. The number of nitrogens with zero attached hydrogens (tertiary/aromatic N) is 1. The number of rotatable bonds is 12. The molecule has 182 valence electrons. The fourth-order valence-electron chi connectivity index (χ4n) is 4.19. The van der Waals surface area contributed by atoms with Crippen LogP contribution in [0, 0.1) is 17.7 Å². The Labute approximate surface area is 196 Å². The largest absolute Gasteiger partial charge is 0.469 e. The number of aliphatic hydroxyl groups is 1. The first-order valence-corrected chi connectivity index (χ1v) is 11.6. The predicted molar refractivity (Wildman–Crippen MR) is 128 cm³/mol. The first-order valence-electron chi connectivity index (χ1n) is 11.6. The summed E-state index contributed by atoms with van der Waals surface area (Å²) in [6.45, 7) is 2.04.